The van der Waals surface area contributed by atoms with Gasteiger partial charge in [0.2, 0.25) is 0 Å². The van der Waals surface area contributed by atoms with Crippen molar-refractivity contribution < 1.29 is 0 Å². The molecular weight excluding hydrogens is 174 g/mol. The van der Waals surface area contributed by atoms with E-state index in [1.165, 1.54) is 6.08 Å². The molecule has 72 valence electrons. The predicted molar refractivity (Wildman–Crippen MR) is 58.5 cm³/mol. The summed E-state index contributed by atoms with van der Waals surface area (Å²) in [5.74, 6) is 0. The van der Waals surface area contributed by atoms with Gasteiger partial charge in [0.15, 0.2) is 0 Å². The predicted octanol–water partition coefficient (Wildman–Crippen LogP) is 1.58. The number of anilines is 1. The fourth-order valence-electron chi connectivity index (χ4n) is 1.10. The number of rotatable bonds is 2. The lowest BCUT2D eigenvalue weighted by molar-refractivity contribution is 1.13. The van der Waals surface area contributed by atoms with Gasteiger partial charge in [0.25, 0.3) is 0 Å². The summed E-state index contributed by atoms with van der Waals surface area (Å²) in [6.45, 7) is 0. The minimum atomic E-state index is 0.498. The second-order valence-corrected chi connectivity index (χ2v) is 3.17. The zero-order valence-electron chi connectivity index (χ0n) is 8.36. The molecule has 0 heterocycles. The van der Waals surface area contributed by atoms with Crippen LogP contribution < -0.4 is 10.6 Å². The number of nitrogens with two attached hydrogens (primary N) is 1. The lowest BCUT2D eigenvalue weighted by Gasteiger charge is -2.12. The molecule has 1 aromatic carbocycles. The highest BCUT2D eigenvalue weighted by atomic mass is 15.1. The van der Waals surface area contributed by atoms with E-state index in [-0.39, 0.29) is 0 Å². The monoisotopic (exact) mass is 187 g/mol. The highest BCUT2D eigenvalue weighted by molar-refractivity contribution is 5.66. The smallest absolute Gasteiger partial charge is 0.0933 e. The standard InChI is InChI=1S/C11H13N3/c1-14(2)10-5-3-9(4-6-10)11(13)7-8-12/h3-7H,13H2,1-2H3/b11-7-. The van der Waals surface area contributed by atoms with Crippen LogP contribution in [0.1, 0.15) is 5.56 Å². The zero-order chi connectivity index (χ0) is 10.6. The first-order valence-electron chi connectivity index (χ1n) is 4.28. The van der Waals surface area contributed by atoms with Gasteiger partial charge in [0, 0.05) is 31.6 Å². The van der Waals surface area contributed by atoms with Crippen molar-refractivity contribution in [2.24, 2.45) is 5.73 Å². The van der Waals surface area contributed by atoms with Crippen molar-refractivity contribution in [3.05, 3.63) is 35.9 Å². The quantitative estimate of drug-likeness (QED) is 0.715. The third-order valence-electron chi connectivity index (χ3n) is 1.94. The molecule has 0 aliphatic carbocycles. The van der Waals surface area contributed by atoms with Crippen molar-refractivity contribution in [3.63, 3.8) is 0 Å². The van der Waals surface area contributed by atoms with Gasteiger partial charge in [-0.05, 0) is 17.7 Å². The van der Waals surface area contributed by atoms with Crippen LogP contribution in [0.5, 0.6) is 0 Å². The van der Waals surface area contributed by atoms with E-state index in [1.54, 1.807) is 0 Å². The zero-order valence-corrected chi connectivity index (χ0v) is 8.36. The number of benzene rings is 1. The molecule has 0 aliphatic rings. The Morgan fingerprint density at radius 3 is 2.36 bits per heavy atom. The molecule has 0 saturated carbocycles. The number of allylic oxidation sites excluding steroid dienone is 1. The number of hydrogen-bond donors (Lipinski definition) is 1. The molecule has 14 heavy (non-hydrogen) atoms. The van der Waals surface area contributed by atoms with Crippen molar-refractivity contribution >= 4 is 11.4 Å². The first-order chi connectivity index (χ1) is 6.65. The van der Waals surface area contributed by atoms with E-state index in [4.69, 9.17) is 11.0 Å². The Bertz CT molecular complexity index is 369. The summed E-state index contributed by atoms with van der Waals surface area (Å²) in [4.78, 5) is 2.01. The third-order valence-corrected chi connectivity index (χ3v) is 1.94. The van der Waals surface area contributed by atoms with Crippen molar-refractivity contribution in [2.75, 3.05) is 19.0 Å². The second-order valence-electron chi connectivity index (χ2n) is 3.17. The van der Waals surface area contributed by atoms with Gasteiger partial charge >= 0.3 is 0 Å². The molecule has 0 amide bonds. The molecule has 0 spiro atoms. The van der Waals surface area contributed by atoms with Crippen LogP contribution in [0.25, 0.3) is 5.70 Å². The summed E-state index contributed by atoms with van der Waals surface area (Å²) < 4.78 is 0. The summed E-state index contributed by atoms with van der Waals surface area (Å²) >= 11 is 0. The normalized spacial score (nSPS) is 10.8. The summed E-state index contributed by atoms with van der Waals surface area (Å²) in [6.07, 6.45) is 1.34. The summed E-state index contributed by atoms with van der Waals surface area (Å²) in [5.41, 5.74) is 8.14. The molecule has 0 aromatic heterocycles. The Morgan fingerprint density at radius 2 is 1.93 bits per heavy atom. The number of nitriles is 1. The van der Waals surface area contributed by atoms with E-state index in [9.17, 15) is 0 Å². The number of nitrogens with zero attached hydrogens (tertiary/aromatic N) is 2. The Labute approximate surface area is 84.1 Å². The average Bonchev–Trinajstić information content (AvgIpc) is 2.18. The Morgan fingerprint density at radius 1 is 1.36 bits per heavy atom. The maximum absolute atomic E-state index is 8.43. The molecule has 0 atom stereocenters. The molecule has 3 nitrogen and oxygen atoms in total. The van der Waals surface area contributed by atoms with Crippen molar-refractivity contribution in [3.8, 4) is 6.07 Å². The molecule has 0 saturated heterocycles. The molecule has 0 radical (unpaired) electrons. The van der Waals surface area contributed by atoms with Gasteiger partial charge in [-0.1, -0.05) is 12.1 Å². The molecule has 0 unspecified atom stereocenters. The molecule has 3 heteroatoms. The van der Waals surface area contributed by atoms with Crippen LogP contribution in [-0.4, -0.2) is 14.1 Å². The second kappa shape index (κ2) is 4.33. The van der Waals surface area contributed by atoms with E-state index in [0.29, 0.717) is 5.70 Å². The van der Waals surface area contributed by atoms with Gasteiger partial charge in [-0.3, -0.25) is 0 Å². The Hall–Kier alpha value is -1.95. The molecule has 0 aliphatic heterocycles. The van der Waals surface area contributed by atoms with Crippen LogP contribution in [0.15, 0.2) is 30.3 Å². The topological polar surface area (TPSA) is 53.0 Å². The Balaban J connectivity index is 2.95. The van der Waals surface area contributed by atoms with Crippen molar-refractivity contribution in [2.45, 2.75) is 0 Å². The third kappa shape index (κ3) is 2.27. The minimum absolute atomic E-state index is 0.498. The molecule has 0 fully saturated rings. The molecule has 0 bridgehead atoms. The Kier molecular flexibility index (Phi) is 3.14. The van der Waals surface area contributed by atoms with Crippen LogP contribution >= 0.6 is 0 Å². The summed E-state index contributed by atoms with van der Waals surface area (Å²) in [7, 11) is 3.95. The van der Waals surface area contributed by atoms with E-state index < -0.39 is 0 Å². The fourth-order valence-corrected chi connectivity index (χ4v) is 1.10. The van der Waals surface area contributed by atoms with Gasteiger partial charge < -0.3 is 10.6 Å². The van der Waals surface area contributed by atoms with Crippen molar-refractivity contribution in [1.29, 1.82) is 5.26 Å². The molecule has 2 N–H and O–H groups in total. The minimum Gasteiger partial charge on any atom is -0.398 e. The summed E-state index contributed by atoms with van der Waals surface area (Å²) in [5, 5.41) is 8.43. The lowest BCUT2D eigenvalue weighted by atomic mass is 10.1. The highest BCUT2D eigenvalue weighted by Gasteiger charge is 1.97. The SMILES string of the molecule is CN(C)c1ccc(/C(N)=C/C#N)cc1. The fraction of sp³-hybridized carbons (Fsp3) is 0.182. The van der Waals surface area contributed by atoms with Gasteiger partial charge in [-0.15, -0.1) is 0 Å². The van der Waals surface area contributed by atoms with Crippen LogP contribution in [0.3, 0.4) is 0 Å². The van der Waals surface area contributed by atoms with Crippen LogP contribution in [0.4, 0.5) is 5.69 Å². The van der Waals surface area contributed by atoms with Gasteiger partial charge in [0.1, 0.15) is 0 Å². The molecular formula is C11H13N3. The maximum atomic E-state index is 8.43. The average molecular weight is 187 g/mol. The first-order valence-corrected chi connectivity index (χ1v) is 4.28. The summed E-state index contributed by atoms with van der Waals surface area (Å²) in [6, 6.07) is 9.64. The first kappa shape index (κ1) is 10.1. The van der Waals surface area contributed by atoms with E-state index in [2.05, 4.69) is 0 Å². The largest absolute Gasteiger partial charge is 0.398 e. The van der Waals surface area contributed by atoms with Crippen molar-refractivity contribution in [1.82, 2.24) is 0 Å². The van der Waals surface area contributed by atoms with E-state index in [0.717, 1.165) is 11.3 Å². The molecule has 1 aromatic rings. The van der Waals surface area contributed by atoms with Gasteiger partial charge in [-0.2, -0.15) is 5.26 Å². The van der Waals surface area contributed by atoms with E-state index in [1.807, 2.05) is 49.3 Å². The van der Waals surface area contributed by atoms with Crippen LogP contribution in [-0.2, 0) is 0 Å². The van der Waals surface area contributed by atoms with E-state index >= 15 is 0 Å². The maximum Gasteiger partial charge on any atom is 0.0933 e. The molecule has 1 rings (SSSR count). The van der Waals surface area contributed by atoms with Crippen LogP contribution in [0, 0.1) is 11.3 Å². The highest BCUT2D eigenvalue weighted by Crippen LogP contribution is 2.15. The lowest BCUT2D eigenvalue weighted by Crippen LogP contribution is -2.08. The van der Waals surface area contributed by atoms with Gasteiger partial charge in [0.05, 0.1) is 6.07 Å². The number of hydrogen-bond acceptors (Lipinski definition) is 3. The van der Waals surface area contributed by atoms with Gasteiger partial charge in [-0.25, -0.2) is 0 Å². The van der Waals surface area contributed by atoms with Crippen LogP contribution in [0.2, 0.25) is 0 Å².